The summed E-state index contributed by atoms with van der Waals surface area (Å²) >= 11 is 5.82. The Kier molecular flexibility index (Phi) is 24.2. The number of hydrogen-bond acceptors (Lipinski definition) is 13. The van der Waals surface area contributed by atoms with E-state index in [4.69, 9.17) is 35.1 Å². The molecule has 0 radical (unpaired) electrons. The van der Waals surface area contributed by atoms with Crippen molar-refractivity contribution in [2.75, 3.05) is 52.4 Å². The molecule has 0 atom stereocenters. The first kappa shape index (κ1) is 75.0. The molecule has 22 heteroatoms. The highest BCUT2D eigenvalue weighted by Gasteiger charge is 2.52. The predicted molar refractivity (Wildman–Crippen MR) is 383 cm³/mol. The molecular formula is C77H92BClF4N8O8. The number of nitrogens with one attached hydrogen (secondary N) is 1. The molecule has 9 heterocycles. The Morgan fingerprint density at radius 1 is 0.495 bits per heavy atom. The Labute approximate surface area is 584 Å². The van der Waals surface area contributed by atoms with Crippen LogP contribution in [0.5, 0.6) is 0 Å². The molecule has 3 fully saturated rings. The van der Waals surface area contributed by atoms with Gasteiger partial charge in [0.1, 0.15) is 40.1 Å². The number of likely N-dealkylation sites (tertiary alicyclic amines) is 1. The van der Waals surface area contributed by atoms with Gasteiger partial charge in [0.05, 0.1) is 38.3 Å². The van der Waals surface area contributed by atoms with E-state index in [0.717, 1.165) is 100 Å². The van der Waals surface area contributed by atoms with Crippen molar-refractivity contribution in [3.05, 3.63) is 184 Å². The van der Waals surface area contributed by atoms with Crippen molar-refractivity contribution in [3.63, 3.8) is 0 Å². The number of fused-ring (bicyclic) bond motifs is 4. The van der Waals surface area contributed by atoms with E-state index >= 15 is 0 Å². The topological polar surface area (TPSA) is 171 Å². The van der Waals surface area contributed by atoms with Crippen molar-refractivity contribution < 1.29 is 55.5 Å². The van der Waals surface area contributed by atoms with E-state index in [2.05, 4.69) is 25.3 Å². The minimum absolute atomic E-state index is 0.180. The minimum Gasteiger partial charge on any atom is -0.444 e. The number of hydrogen-bond donors (Lipinski definition) is 1. The zero-order valence-corrected chi connectivity index (χ0v) is 59.9. The first-order valence-electron chi connectivity index (χ1n) is 33.9. The van der Waals surface area contributed by atoms with Gasteiger partial charge in [-0.3, -0.25) is 19.9 Å². The second kappa shape index (κ2) is 32.0. The smallest absolute Gasteiger partial charge is 0.444 e. The third kappa shape index (κ3) is 20.5. The molecule has 5 aliphatic heterocycles. The summed E-state index contributed by atoms with van der Waals surface area (Å²) in [5.74, 6) is -0.163. The number of amides is 3. The van der Waals surface area contributed by atoms with Crippen molar-refractivity contribution in [1.82, 2.24) is 40.0 Å². The maximum atomic E-state index is 13.6. The summed E-state index contributed by atoms with van der Waals surface area (Å²) in [4.78, 5) is 58.4. The Morgan fingerprint density at radius 2 is 0.879 bits per heavy atom. The maximum Gasteiger partial charge on any atom is 0.490 e. The van der Waals surface area contributed by atoms with Crippen LogP contribution < -0.4 is 5.32 Å². The standard InChI is InChI=1S/C19H23FN2O2.C19H21FN2O2.C16H28BNO4.C14H15FN2.C9H5ClFN/c2*1-19(2,3)24-18(23)22-10-7-13(8-11-22)15-6-9-21-17-5-4-14(20)12-16(15)17;1-14(2,3)20-13(19)18-10-8-12(9-11-18)17-21-15(4,5)16(6,7)22-17;15-11-1-2-14-13(9-11)12(5-8-17-14)10-3-6-16-7-4-10;10-8-3-4-12-9-2-1-6(11)5-7(8)9/h4-6,9,12-13H,7-8,10-11H2,1-3H3;4-7,9,12H,8,10-11H2,1-3H3;8H,9-11H2,1-7H3;1-2,5,8-10,16H,3-4,6-7H2;1-5H. The number of halogens is 5. The van der Waals surface area contributed by atoms with Crippen LogP contribution in [0.15, 0.2) is 139 Å². The fraction of sp³-hybridized carbons (Fsp3) is 0.442. The summed E-state index contributed by atoms with van der Waals surface area (Å²) in [5.41, 5.74) is 6.62. The van der Waals surface area contributed by atoms with Gasteiger partial charge in [0.15, 0.2) is 0 Å². The second-order valence-electron chi connectivity index (χ2n) is 29.3. The highest BCUT2D eigenvalue weighted by Crippen LogP contribution is 2.40. The zero-order valence-electron chi connectivity index (χ0n) is 59.1. The van der Waals surface area contributed by atoms with Crippen LogP contribution in [0.4, 0.5) is 31.9 Å². The van der Waals surface area contributed by atoms with E-state index in [0.29, 0.717) is 73.5 Å². The quantitative estimate of drug-likeness (QED) is 0.100. The molecule has 0 aliphatic carbocycles. The van der Waals surface area contributed by atoms with Crippen LogP contribution in [0.3, 0.4) is 0 Å². The Hall–Kier alpha value is -8.24. The molecule has 526 valence electrons. The van der Waals surface area contributed by atoms with E-state index < -0.39 is 16.8 Å². The van der Waals surface area contributed by atoms with Crippen LogP contribution >= 0.6 is 11.6 Å². The first-order valence-corrected chi connectivity index (χ1v) is 34.3. The average molecular weight is 1380 g/mol. The summed E-state index contributed by atoms with van der Waals surface area (Å²) in [5, 5.41) is 7.17. The number of pyridine rings is 4. The van der Waals surface area contributed by atoms with Gasteiger partial charge in [-0.1, -0.05) is 23.8 Å². The summed E-state index contributed by atoms with van der Waals surface area (Å²) < 4.78 is 81.6. The molecule has 0 unspecified atom stereocenters. The van der Waals surface area contributed by atoms with Crippen LogP contribution in [0, 0.1) is 23.3 Å². The molecule has 0 bridgehead atoms. The summed E-state index contributed by atoms with van der Waals surface area (Å²) in [7, 11) is -0.314. The highest BCUT2D eigenvalue weighted by atomic mass is 35.5. The third-order valence-electron chi connectivity index (χ3n) is 17.9. The monoisotopic (exact) mass is 1380 g/mol. The molecule has 3 saturated heterocycles. The van der Waals surface area contributed by atoms with Crippen LogP contribution in [-0.4, -0.2) is 140 Å². The van der Waals surface area contributed by atoms with Crippen LogP contribution in [0.25, 0.3) is 49.2 Å². The summed E-state index contributed by atoms with van der Waals surface area (Å²) in [6.07, 6.45) is 15.5. The lowest BCUT2D eigenvalue weighted by atomic mass is 9.75. The molecule has 3 amide bonds. The van der Waals surface area contributed by atoms with Crippen LogP contribution in [-0.2, 0) is 23.5 Å². The predicted octanol–water partition coefficient (Wildman–Crippen LogP) is 17.9. The Balaban J connectivity index is 0.000000147. The lowest BCUT2D eigenvalue weighted by molar-refractivity contribution is 0.00578. The normalized spacial score (nSPS) is 17.4. The third-order valence-corrected chi connectivity index (χ3v) is 18.2. The SMILES string of the molecule is CC(C)(C)OC(=O)N1CC=C(B2OC(C)(C)C(C)(C)O2)CC1.CC(C)(C)OC(=O)N1CC=C(c2ccnc3ccc(F)cc23)CC1.CC(C)(C)OC(=O)N1CCC(c2ccnc3ccc(F)cc23)CC1.Fc1ccc2nccc(C3CCNCC3)c2c1.Fc1ccc2nccc(Cl)c2c1. The van der Waals surface area contributed by atoms with Crippen molar-refractivity contribution >= 4 is 86.2 Å². The molecule has 13 rings (SSSR count). The molecule has 5 aliphatic rings. The van der Waals surface area contributed by atoms with Gasteiger partial charge in [0, 0.05) is 85.6 Å². The molecule has 0 saturated carbocycles. The first-order chi connectivity index (χ1) is 46.7. The number of benzene rings is 4. The van der Waals surface area contributed by atoms with Gasteiger partial charge in [-0.15, -0.1) is 0 Å². The van der Waals surface area contributed by atoms with Crippen LogP contribution in [0.2, 0.25) is 5.02 Å². The zero-order chi connectivity index (χ0) is 71.6. The van der Waals surface area contributed by atoms with Gasteiger partial charge in [-0.05, 0) is 278 Å². The molecule has 0 spiro atoms. The van der Waals surface area contributed by atoms with Crippen molar-refractivity contribution in [2.45, 2.75) is 168 Å². The van der Waals surface area contributed by atoms with E-state index in [1.165, 1.54) is 42.0 Å². The van der Waals surface area contributed by atoms with E-state index in [1.807, 2.05) is 127 Å². The number of carbonyl (C=O) groups is 3. The largest absolute Gasteiger partial charge is 0.490 e. The highest BCUT2D eigenvalue weighted by molar-refractivity contribution is 6.54. The number of piperidine rings is 2. The Bertz CT molecular complexity index is 4220. The van der Waals surface area contributed by atoms with Gasteiger partial charge in [0.2, 0.25) is 0 Å². The van der Waals surface area contributed by atoms with Gasteiger partial charge in [0.25, 0.3) is 0 Å². The lowest BCUT2D eigenvalue weighted by Gasteiger charge is -2.33. The van der Waals surface area contributed by atoms with Crippen molar-refractivity contribution in [1.29, 1.82) is 0 Å². The van der Waals surface area contributed by atoms with E-state index in [1.54, 1.807) is 75.8 Å². The van der Waals surface area contributed by atoms with Crippen molar-refractivity contribution in [3.8, 4) is 0 Å². The summed E-state index contributed by atoms with van der Waals surface area (Å²) in [6.45, 7) is 30.6. The second-order valence-corrected chi connectivity index (χ2v) is 29.7. The molecule has 1 N–H and O–H groups in total. The van der Waals surface area contributed by atoms with Gasteiger partial charge in [-0.25, -0.2) is 31.9 Å². The number of carbonyl (C=O) groups excluding carboxylic acids is 3. The molecule has 99 heavy (non-hydrogen) atoms. The van der Waals surface area contributed by atoms with E-state index in [9.17, 15) is 31.9 Å². The maximum absolute atomic E-state index is 13.6. The molecule has 16 nitrogen and oxygen atoms in total. The van der Waals surface area contributed by atoms with Crippen LogP contribution in [0.1, 0.15) is 157 Å². The number of ether oxygens (including phenoxy) is 3. The number of rotatable bonds is 4. The van der Waals surface area contributed by atoms with Gasteiger partial charge >= 0.3 is 25.4 Å². The summed E-state index contributed by atoms with van der Waals surface area (Å²) in [6, 6.07) is 26.1. The average Bonchev–Trinajstić information content (AvgIpc) is 1.58. The van der Waals surface area contributed by atoms with Crippen molar-refractivity contribution in [2.24, 2.45) is 0 Å². The fourth-order valence-electron chi connectivity index (χ4n) is 12.1. The minimum atomic E-state index is -0.500. The lowest BCUT2D eigenvalue weighted by Crippen LogP contribution is -2.41. The van der Waals surface area contributed by atoms with Gasteiger partial charge < -0.3 is 43.5 Å². The molecule has 4 aromatic heterocycles. The Morgan fingerprint density at radius 3 is 1.31 bits per heavy atom. The number of aromatic nitrogens is 4. The van der Waals surface area contributed by atoms with E-state index in [-0.39, 0.29) is 59.9 Å². The molecular weight excluding hydrogens is 1290 g/mol. The molecule has 8 aromatic rings. The molecule has 4 aromatic carbocycles. The fourth-order valence-corrected chi connectivity index (χ4v) is 12.3. The van der Waals surface area contributed by atoms with Gasteiger partial charge in [-0.2, -0.15) is 0 Å². The number of nitrogens with zero attached hydrogens (tertiary/aromatic N) is 7.